The fraction of sp³-hybridized carbons (Fsp3) is 0.0833. The fourth-order valence-corrected chi connectivity index (χ4v) is 1.26. The molecule has 3 heteroatoms. The van der Waals surface area contributed by atoms with Crippen LogP contribution in [0.15, 0.2) is 42.5 Å². The number of aryl methyl sites for hydroxylation is 1. The van der Waals surface area contributed by atoms with E-state index < -0.39 is 0 Å². The summed E-state index contributed by atoms with van der Waals surface area (Å²) in [5.74, 6) is 1.20. The molecule has 0 bridgehead atoms. The van der Waals surface area contributed by atoms with Crippen LogP contribution in [0, 0.1) is 6.92 Å². The molecule has 2 N–H and O–H groups in total. The van der Waals surface area contributed by atoms with Crippen LogP contribution in [0.4, 0.5) is 5.69 Å². The molecule has 0 aliphatic heterocycles. The molecule has 3 nitrogen and oxygen atoms in total. The third-order valence-corrected chi connectivity index (χ3v) is 2.00. The molecule has 2 rings (SSSR count). The Kier molecular flexibility index (Phi) is 2.54. The van der Waals surface area contributed by atoms with Crippen molar-refractivity contribution in [3.8, 4) is 11.6 Å². The van der Waals surface area contributed by atoms with Crippen molar-refractivity contribution < 1.29 is 4.74 Å². The molecule has 2 aromatic rings. The number of benzene rings is 1. The van der Waals surface area contributed by atoms with E-state index >= 15 is 0 Å². The molecule has 0 fully saturated rings. The van der Waals surface area contributed by atoms with E-state index in [0.29, 0.717) is 17.3 Å². The molecule has 0 saturated carbocycles. The largest absolute Gasteiger partial charge is 0.437 e. The molecule has 1 heterocycles. The van der Waals surface area contributed by atoms with Crippen molar-refractivity contribution >= 4 is 5.69 Å². The fourth-order valence-electron chi connectivity index (χ4n) is 1.26. The second kappa shape index (κ2) is 4.00. The van der Waals surface area contributed by atoms with Gasteiger partial charge in [0, 0.05) is 11.8 Å². The van der Waals surface area contributed by atoms with Crippen molar-refractivity contribution in [1.82, 2.24) is 4.98 Å². The van der Waals surface area contributed by atoms with Gasteiger partial charge in [-0.25, -0.2) is 4.98 Å². The summed E-state index contributed by atoms with van der Waals surface area (Å²) in [6.07, 6.45) is 0. The van der Waals surface area contributed by atoms with Gasteiger partial charge in [-0.1, -0.05) is 18.2 Å². The number of nitrogen functional groups attached to an aromatic ring is 1. The van der Waals surface area contributed by atoms with Gasteiger partial charge >= 0.3 is 0 Å². The lowest BCUT2D eigenvalue weighted by atomic mass is 10.3. The summed E-state index contributed by atoms with van der Waals surface area (Å²) in [6, 6.07) is 13.0. The molecule has 0 atom stereocenters. The van der Waals surface area contributed by atoms with Gasteiger partial charge < -0.3 is 10.5 Å². The maximum absolute atomic E-state index is 5.75. The number of hydrogen-bond acceptors (Lipinski definition) is 3. The molecule has 1 aromatic carbocycles. The van der Waals surface area contributed by atoms with E-state index in [1.54, 1.807) is 12.1 Å². The zero-order valence-electron chi connectivity index (χ0n) is 8.47. The van der Waals surface area contributed by atoms with Crippen molar-refractivity contribution in [1.29, 1.82) is 0 Å². The van der Waals surface area contributed by atoms with Crippen LogP contribution in [0.2, 0.25) is 0 Å². The summed E-state index contributed by atoms with van der Waals surface area (Å²) in [4.78, 5) is 4.23. The minimum atomic E-state index is 0.563. The summed E-state index contributed by atoms with van der Waals surface area (Å²) in [5.41, 5.74) is 7.28. The first-order valence-electron chi connectivity index (χ1n) is 4.72. The molecule has 0 aliphatic carbocycles. The monoisotopic (exact) mass is 200 g/mol. The number of aromatic nitrogens is 1. The van der Waals surface area contributed by atoms with Gasteiger partial charge in [-0.2, -0.15) is 0 Å². The van der Waals surface area contributed by atoms with E-state index in [2.05, 4.69) is 4.98 Å². The predicted molar refractivity (Wildman–Crippen MR) is 59.9 cm³/mol. The van der Waals surface area contributed by atoms with Gasteiger partial charge in [-0.05, 0) is 25.1 Å². The van der Waals surface area contributed by atoms with Gasteiger partial charge in [0.1, 0.15) is 0 Å². The number of nitrogens with zero attached hydrogens (tertiary/aromatic N) is 1. The van der Waals surface area contributed by atoms with Crippen LogP contribution in [0.1, 0.15) is 5.69 Å². The normalized spacial score (nSPS) is 9.93. The highest BCUT2D eigenvalue weighted by Crippen LogP contribution is 2.25. The van der Waals surface area contributed by atoms with Crippen molar-refractivity contribution in [2.75, 3.05) is 5.73 Å². The maximum atomic E-state index is 5.75. The SMILES string of the molecule is Cc1cccc(Oc2ccccc2N)n1. The van der Waals surface area contributed by atoms with Gasteiger partial charge in [0.05, 0.1) is 5.69 Å². The average Bonchev–Trinajstić information content (AvgIpc) is 2.22. The lowest BCUT2D eigenvalue weighted by molar-refractivity contribution is 0.464. The number of hydrogen-bond donors (Lipinski definition) is 1. The van der Waals surface area contributed by atoms with Crippen LogP contribution >= 0.6 is 0 Å². The summed E-state index contributed by atoms with van der Waals surface area (Å²) >= 11 is 0. The van der Waals surface area contributed by atoms with Crippen molar-refractivity contribution in [3.05, 3.63) is 48.2 Å². The van der Waals surface area contributed by atoms with Crippen LogP contribution in [-0.4, -0.2) is 4.98 Å². The van der Waals surface area contributed by atoms with Gasteiger partial charge in [-0.3, -0.25) is 0 Å². The van der Waals surface area contributed by atoms with Crippen molar-refractivity contribution in [2.45, 2.75) is 6.92 Å². The van der Waals surface area contributed by atoms with E-state index in [9.17, 15) is 0 Å². The molecule has 1 aromatic heterocycles. The first-order valence-corrected chi connectivity index (χ1v) is 4.72. The average molecular weight is 200 g/mol. The first kappa shape index (κ1) is 9.52. The van der Waals surface area contributed by atoms with E-state index in [4.69, 9.17) is 10.5 Å². The third-order valence-electron chi connectivity index (χ3n) is 2.00. The van der Waals surface area contributed by atoms with Crippen LogP contribution in [-0.2, 0) is 0 Å². The number of para-hydroxylation sites is 2. The molecule has 0 radical (unpaired) electrons. The predicted octanol–water partition coefficient (Wildman–Crippen LogP) is 2.76. The van der Waals surface area contributed by atoms with E-state index in [-0.39, 0.29) is 0 Å². The molecule has 76 valence electrons. The number of ether oxygens (including phenoxy) is 1. The van der Waals surface area contributed by atoms with E-state index in [0.717, 1.165) is 5.69 Å². The molecule has 0 unspecified atom stereocenters. The standard InChI is InChI=1S/C12H12N2O/c1-9-5-4-8-12(14-9)15-11-7-3-2-6-10(11)13/h2-8H,13H2,1H3. The molecule has 0 amide bonds. The lowest BCUT2D eigenvalue weighted by Gasteiger charge is -2.07. The number of rotatable bonds is 2. The Morgan fingerprint density at radius 1 is 1.07 bits per heavy atom. The zero-order valence-corrected chi connectivity index (χ0v) is 8.47. The molecule has 15 heavy (non-hydrogen) atoms. The highest BCUT2D eigenvalue weighted by atomic mass is 16.5. The Morgan fingerprint density at radius 2 is 1.87 bits per heavy atom. The van der Waals surface area contributed by atoms with Crippen LogP contribution in [0.25, 0.3) is 0 Å². The highest BCUT2D eigenvalue weighted by Gasteiger charge is 2.01. The topological polar surface area (TPSA) is 48.1 Å². The third kappa shape index (κ3) is 2.26. The van der Waals surface area contributed by atoms with Crippen LogP contribution in [0.5, 0.6) is 11.6 Å². The summed E-state index contributed by atoms with van der Waals surface area (Å²) in [6.45, 7) is 1.92. The maximum Gasteiger partial charge on any atom is 0.219 e. The Labute approximate surface area is 88.5 Å². The number of nitrogens with two attached hydrogens (primary N) is 1. The summed E-state index contributed by atoms with van der Waals surface area (Å²) < 4.78 is 5.55. The second-order valence-corrected chi connectivity index (χ2v) is 3.26. The highest BCUT2D eigenvalue weighted by molar-refractivity contribution is 5.53. The van der Waals surface area contributed by atoms with Gasteiger partial charge in [0.15, 0.2) is 5.75 Å². The second-order valence-electron chi connectivity index (χ2n) is 3.26. The number of pyridine rings is 1. The van der Waals surface area contributed by atoms with Gasteiger partial charge in [-0.15, -0.1) is 0 Å². The zero-order chi connectivity index (χ0) is 10.7. The summed E-state index contributed by atoms with van der Waals surface area (Å²) in [7, 11) is 0. The van der Waals surface area contributed by atoms with E-state index in [1.807, 2.05) is 37.3 Å². The molecule has 0 aliphatic rings. The molecule has 0 saturated heterocycles. The molecular formula is C12H12N2O. The lowest BCUT2D eigenvalue weighted by Crippen LogP contribution is -1.93. The van der Waals surface area contributed by atoms with Crippen molar-refractivity contribution in [2.24, 2.45) is 0 Å². The minimum Gasteiger partial charge on any atom is -0.437 e. The summed E-state index contributed by atoms with van der Waals surface area (Å²) in [5, 5.41) is 0. The van der Waals surface area contributed by atoms with Crippen molar-refractivity contribution in [3.63, 3.8) is 0 Å². The van der Waals surface area contributed by atoms with Gasteiger partial charge in [0.2, 0.25) is 5.88 Å². The first-order chi connectivity index (χ1) is 7.25. The van der Waals surface area contributed by atoms with E-state index in [1.165, 1.54) is 0 Å². The Morgan fingerprint density at radius 3 is 2.60 bits per heavy atom. The Hall–Kier alpha value is -2.03. The van der Waals surface area contributed by atoms with Crippen LogP contribution in [0.3, 0.4) is 0 Å². The Bertz CT molecular complexity index is 469. The minimum absolute atomic E-state index is 0.563. The van der Waals surface area contributed by atoms with Gasteiger partial charge in [0.25, 0.3) is 0 Å². The quantitative estimate of drug-likeness (QED) is 0.758. The van der Waals surface area contributed by atoms with Crippen LogP contribution < -0.4 is 10.5 Å². The molecular weight excluding hydrogens is 188 g/mol. The smallest absolute Gasteiger partial charge is 0.219 e. The Balaban J connectivity index is 2.26. The molecule has 0 spiro atoms. The number of anilines is 1.